The minimum Gasteiger partial charge on any atom is -0.372 e. The van der Waals surface area contributed by atoms with Gasteiger partial charge in [-0.1, -0.05) is 6.07 Å². The molecule has 2 aliphatic rings. The van der Waals surface area contributed by atoms with Crippen molar-refractivity contribution >= 4 is 17.3 Å². The lowest BCUT2D eigenvalue weighted by Crippen LogP contribution is -2.45. The molecule has 102 valence electrons. The fourth-order valence-corrected chi connectivity index (χ4v) is 2.86. The van der Waals surface area contributed by atoms with Crippen molar-refractivity contribution in [2.45, 2.75) is 32.1 Å². The predicted molar refractivity (Wildman–Crippen MR) is 74.2 cm³/mol. The maximum atomic E-state index is 11.6. The van der Waals surface area contributed by atoms with Crippen molar-refractivity contribution in [3.05, 3.63) is 23.8 Å². The first-order valence-electron chi connectivity index (χ1n) is 6.65. The minimum absolute atomic E-state index is 0.129. The van der Waals surface area contributed by atoms with Crippen LogP contribution in [0, 0.1) is 0 Å². The van der Waals surface area contributed by atoms with Gasteiger partial charge in [0.2, 0.25) is 5.91 Å². The van der Waals surface area contributed by atoms with Crippen LogP contribution in [0.3, 0.4) is 0 Å². The number of nitrogens with one attached hydrogen (secondary N) is 1. The highest BCUT2D eigenvalue weighted by molar-refractivity contribution is 6.02. The summed E-state index contributed by atoms with van der Waals surface area (Å²) in [6.45, 7) is 5.88. The van der Waals surface area contributed by atoms with E-state index in [1.54, 1.807) is 0 Å². The molecule has 0 spiro atoms. The molecule has 0 aromatic heterocycles. The molecule has 3 N–H and O–H groups in total. The maximum Gasteiger partial charge on any atom is 0.245 e. The number of nitrogens with zero attached hydrogens (tertiary/aromatic N) is 1. The van der Waals surface area contributed by atoms with Crippen molar-refractivity contribution in [1.82, 2.24) is 0 Å². The molecule has 1 aromatic rings. The number of fused-ring (bicyclic) bond motifs is 1. The highest BCUT2D eigenvalue weighted by Gasteiger charge is 2.28. The lowest BCUT2D eigenvalue weighted by atomic mass is 10.1. The van der Waals surface area contributed by atoms with E-state index in [0.29, 0.717) is 0 Å². The van der Waals surface area contributed by atoms with Gasteiger partial charge in [0.25, 0.3) is 0 Å². The van der Waals surface area contributed by atoms with Gasteiger partial charge in [-0.3, -0.25) is 4.79 Å². The van der Waals surface area contributed by atoms with Gasteiger partial charge in [-0.2, -0.15) is 0 Å². The van der Waals surface area contributed by atoms with Crippen LogP contribution in [0.4, 0.5) is 11.4 Å². The maximum absolute atomic E-state index is 11.6. The smallest absolute Gasteiger partial charge is 0.245 e. The molecule has 3 rings (SSSR count). The van der Waals surface area contributed by atoms with E-state index in [1.165, 1.54) is 0 Å². The molecule has 5 nitrogen and oxygen atoms in total. The van der Waals surface area contributed by atoms with Crippen LogP contribution in [-0.2, 0) is 9.53 Å². The number of morpholine rings is 1. The minimum atomic E-state index is -0.536. The molecule has 1 fully saturated rings. The normalized spacial score (nSPS) is 30.2. The van der Waals surface area contributed by atoms with Crippen LogP contribution in [-0.4, -0.2) is 31.2 Å². The molecule has 1 amide bonds. The molecule has 0 radical (unpaired) electrons. The summed E-state index contributed by atoms with van der Waals surface area (Å²) in [5.74, 6) is -0.129. The largest absolute Gasteiger partial charge is 0.372 e. The Hall–Kier alpha value is -1.59. The van der Waals surface area contributed by atoms with Gasteiger partial charge in [0.05, 0.1) is 12.2 Å². The molecule has 1 aromatic carbocycles. The fraction of sp³-hybridized carbons (Fsp3) is 0.500. The van der Waals surface area contributed by atoms with Crippen LogP contribution in [0.2, 0.25) is 0 Å². The Morgan fingerprint density at radius 2 is 2.00 bits per heavy atom. The molecule has 0 saturated carbocycles. The summed E-state index contributed by atoms with van der Waals surface area (Å²) in [5, 5.41) is 2.83. The summed E-state index contributed by atoms with van der Waals surface area (Å²) in [5.41, 5.74) is 8.64. The number of ether oxygens (including phenoxy) is 1. The van der Waals surface area contributed by atoms with Crippen LogP contribution < -0.4 is 16.0 Å². The van der Waals surface area contributed by atoms with Crippen LogP contribution >= 0.6 is 0 Å². The molecule has 1 saturated heterocycles. The van der Waals surface area contributed by atoms with Crippen molar-refractivity contribution in [3.63, 3.8) is 0 Å². The number of amides is 1. The number of anilines is 2. The molecule has 0 aliphatic carbocycles. The van der Waals surface area contributed by atoms with Crippen molar-refractivity contribution in [2.75, 3.05) is 23.3 Å². The van der Waals surface area contributed by atoms with Gasteiger partial charge >= 0.3 is 0 Å². The number of nitrogens with two attached hydrogens (primary N) is 1. The highest BCUT2D eigenvalue weighted by Crippen LogP contribution is 2.33. The lowest BCUT2D eigenvalue weighted by molar-refractivity contribution is -0.116. The third-order valence-corrected chi connectivity index (χ3v) is 3.70. The monoisotopic (exact) mass is 261 g/mol. The average Bonchev–Trinajstić information content (AvgIpc) is 2.63. The Bertz CT molecular complexity index is 507. The van der Waals surface area contributed by atoms with Gasteiger partial charge in [-0.15, -0.1) is 0 Å². The van der Waals surface area contributed by atoms with Crippen LogP contribution in [0.5, 0.6) is 0 Å². The van der Waals surface area contributed by atoms with Gasteiger partial charge in [-0.05, 0) is 26.0 Å². The van der Waals surface area contributed by atoms with E-state index in [9.17, 15) is 4.79 Å². The Morgan fingerprint density at radius 1 is 1.32 bits per heavy atom. The summed E-state index contributed by atoms with van der Waals surface area (Å²) in [6.07, 6.45) is 0.433. The number of rotatable bonds is 1. The molecule has 2 aliphatic heterocycles. The molecular formula is C14H19N3O2. The van der Waals surface area contributed by atoms with Crippen molar-refractivity contribution in [3.8, 4) is 0 Å². The molecule has 19 heavy (non-hydrogen) atoms. The van der Waals surface area contributed by atoms with E-state index in [1.807, 2.05) is 18.2 Å². The van der Waals surface area contributed by atoms with Gasteiger partial charge in [0.1, 0.15) is 6.04 Å². The number of carbonyl (C=O) groups is 1. The van der Waals surface area contributed by atoms with Crippen molar-refractivity contribution in [2.24, 2.45) is 5.73 Å². The highest BCUT2D eigenvalue weighted by atomic mass is 16.5. The summed E-state index contributed by atoms with van der Waals surface area (Å²) >= 11 is 0. The first kappa shape index (κ1) is 12.4. The van der Waals surface area contributed by atoms with Gasteiger partial charge in [-0.25, -0.2) is 0 Å². The molecule has 1 unspecified atom stereocenters. The Kier molecular flexibility index (Phi) is 2.95. The summed E-state index contributed by atoms with van der Waals surface area (Å²) < 4.78 is 5.73. The SMILES string of the molecule is C[C@@H]1CN(c2ccc3c(c2)NC(=O)C3N)C[C@H](C)O1. The van der Waals surface area contributed by atoms with E-state index < -0.39 is 6.04 Å². The summed E-state index contributed by atoms with van der Waals surface area (Å²) in [4.78, 5) is 13.8. The Labute approximate surface area is 112 Å². The first-order chi connectivity index (χ1) is 9.04. The van der Waals surface area contributed by atoms with Gasteiger partial charge in [0, 0.05) is 30.0 Å². The second-order valence-electron chi connectivity index (χ2n) is 5.40. The van der Waals surface area contributed by atoms with Crippen molar-refractivity contribution in [1.29, 1.82) is 0 Å². The van der Waals surface area contributed by atoms with Crippen molar-refractivity contribution < 1.29 is 9.53 Å². The molecule has 2 heterocycles. The van der Waals surface area contributed by atoms with Gasteiger partial charge in [0.15, 0.2) is 0 Å². The second-order valence-corrected chi connectivity index (χ2v) is 5.40. The molecule has 3 atom stereocenters. The van der Waals surface area contributed by atoms with Crippen LogP contribution in [0.25, 0.3) is 0 Å². The quantitative estimate of drug-likeness (QED) is 0.798. The third-order valence-electron chi connectivity index (χ3n) is 3.70. The third kappa shape index (κ3) is 2.19. The second kappa shape index (κ2) is 4.51. The van der Waals surface area contributed by atoms with E-state index in [0.717, 1.165) is 30.0 Å². The zero-order valence-corrected chi connectivity index (χ0v) is 11.2. The number of carbonyl (C=O) groups excluding carboxylic acids is 1. The number of benzene rings is 1. The van der Waals surface area contributed by atoms with E-state index in [-0.39, 0.29) is 18.1 Å². The van der Waals surface area contributed by atoms with E-state index in [4.69, 9.17) is 10.5 Å². The lowest BCUT2D eigenvalue weighted by Gasteiger charge is -2.37. The zero-order chi connectivity index (χ0) is 13.6. The summed E-state index contributed by atoms with van der Waals surface area (Å²) in [7, 11) is 0. The standard InChI is InChI=1S/C14H19N3O2/c1-8-6-17(7-9(2)19-8)10-3-4-11-12(5-10)16-14(18)13(11)15/h3-5,8-9,13H,6-7,15H2,1-2H3,(H,16,18)/t8-,9+,13?. The number of hydrogen-bond acceptors (Lipinski definition) is 4. The molecular weight excluding hydrogens is 242 g/mol. The molecule has 5 heteroatoms. The van der Waals surface area contributed by atoms with Gasteiger partial charge < -0.3 is 20.7 Å². The fourth-order valence-electron chi connectivity index (χ4n) is 2.86. The summed E-state index contributed by atoms with van der Waals surface area (Å²) in [6, 6.07) is 5.44. The first-order valence-corrected chi connectivity index (χ1v) is 6.65. The molecule has 0 bridgehead atoms. The van der Waals surface area contributed by atoms with Crippen LogP contribution in [0.15, 0.2) is 18.2 Å². The Morgan fingerprint density at radius 3 is 2.68 bits per heavy atom. The van der Waals surface area contributed by atoms with Crippen LogP contribution in [0.1, 0.15) is 25.5 Å². The zero-order valence-electron chi connectivity index (χ0n) is 11.2. The van der Waals surface area contributed by atoms with E-state index in [2.05, 4.69) is 24.1 Å². The van der Waals surface area contributed by atoms with E-state index >= 15 is 0 Å². The topological polar surface area (TPSA) is 67.6 Å². The Balaban J connectivity index is 1.87. The predicted octanol–water partition coefficient (Wildman–Crippen LogP) is 1.25. The average molecular weight is 261 g/mol. The number of hydrogen-bond donors (Lipinski definition) is 2.